The molecule has 0 atom stereocenters. The van der Waals surface area contributed by atoms with Gasteiger partial charge in [0.25, 0.3) is 0 Å². The summed E-state index contributed by atoms with van der Waals surface area (Å²) in [5.74, 6) is 0. The zero-order valence-electron chi connectivity index (χ0n) is 11.9. The summed E-state index contributed by atoms with van der Waals surface area (Å²) in [7, 11) is -3.46. The average Bonchev–Trinajstić information content (AvgIpc) is 2.13. The average molecular weight is 270 g/mol. The summed E-state index contributed by atoms with van der Waals surface area (Å²) in [4.78, 5) is 4.52. The van der Waals surface area contributed by atoms with Gasteiger partial charge in [0.15, 0.2) is 0 Å². The Balaban J connectivity index is 3.22. The van der Waals surface area contributed by atoms with Crippen LogP contribution in [-0.4, -0.2) is 19.4 Å². The van der Waals surface area contributed by atoms with Crippen LogP contribution >= 0.6 is 0 Å². The minimum absolute atomic E-state index is 0.0848. The fourth-order valence-electron chi connectivity index (χ4n) is 1.61. The lowest BCUT2D eigenvalue weighted by Gasteiger charge is -2.19. The van der Waals surface area contributed by atoms with Crippen molar-refractivity contribution in [1.29, 1.82) is 0 Å². The molecule has 0 aliphatic carbocycles. The largest absolute Gasteiger partial charge is 0.259 e. The van der Waals surface area contributed by atoms with E-state index in [-0.39, 0.29) is 16.4 Å². The van der Waals surface area contributed by atoms with E-state index in [4.69, 9.17) is 0 Å². The molecule has 0 saturated carbocycles. The molecule has 5 heteroatoms. The highest BCUT2D eigenvalue weighted by Crippen LogP contribution is 2.23. The van der Waals surface area contributed by atoms with Gasteiger partial charge in [0, 0.05) is 23.3 Å². The first-order chi connectivity index (χ1) is 8.04. The quantitative estimate of drug-likeness (QED) is 0.917. The van der Waals surface area contributed by atoms with Crippen molar-refractivity contribution < 1.29 is 8.42 Å². The molecule has 1 aromatic rings. The number of nitrogens with one attached hydrogen (secondary N) is 1. The van der Waals surface area contributed by atoms with Gasteiger partial charge in [0.05, 0.1) is 0 Å². The number of sulfonamides is 1. The fraction of sp³-hybridized carbons (Fsp3) is 0.615. The van der Waals surface area contributed by atoms with Gasteiger partial charge >= 0.3 is 0 Å². The number of pyridine rings is 1. The number of aromatic nitrogens is 1. The third-order valence-corrected chi connectivity index (χ3v) is 4.30. The lowest BCUT2D eigenvalue weighted by molar-refractivity contribution is 0.558. The zero-order chi connectivity index (χ0) is 14.1. The van der Waals surface area contributed by atoms with Gasteiger partial charge in [0.1, 0.15) is 4.90 Å². The van der Waals surface area contributed by atoms with E-state index in [0.29, 0.717) is 0 Å². The molecule has 1 rings (SSSR count). The molecule has 0 bridgehead atoms. The molecule has 1 heterocycles. The van der Waals surface area contributed by atoms with E-state index in [1.54, 1.807) is 20.8 Å². The first kappa shape index (κ1) is 15.1. The number of nitrogens with zero attached hydrogens (tertiary/aromatic N) is 1. The van der Waals surface area contributed by atoms with Crippen LogP contribution in [0.4, 0.5) is 0 Å². The van der Waals surface area contributed by atoms with Crippen molar-refractivity contribution in [3.8, 4) is 0 Å². The summed E-state index contributed by atoms with van der Waals surface area (Å²) in [6.07, 6.45) is 1.45. The number of hydrogen-bond acceptors (Lipinski definition) is 3. The van der Waals surface area contributed by atoms with Crippen LogP contribution in [-0.2, 0) is 15.4 Å². The maximum Gasteiger partial charge on any atom is 0.242 e. The van der Waals surface area contributed by atoms with Crippen molar-refractivity contribution in [3.63, 3.8) is 0 Å². The first-order valence-corrected chi connectivity index (χ1v) is 7.52. The van der Waals surface area contributed by atoms with Gasteiger partial charge in [-0.1, -0.05) is 20.8 Å². The Morgan fingerprint density at radius 1 is 1.28 bits per heavy atom. The van der Waals surface area contributed by atoms with Gasteiger partial charge in [-0.3, -0.25) is 4.98 Å². The number of rotatable bonds is 3. The molecule has 0 radical (unpaired) electrons. The maximum absolute atomic E-state index is 12.1. The third kappa shape index (κ3) is 3.53. The van der Waals surface area contributed by atoms with Crippen molar-refractivity contribution in [1.82, 2.24) is 9.71 Å². The Kier molecular flexibility index (Phi) is 4.18. The summed E-state index contributed by atoms with van der Waals surface area (Å²) in [5, 5.41) is 0. The van der Waals surface area contributed by atoms with Crippen LogP contribution < -0.4 is 4.72 Å². The summed E-state index contributed by atoms with van der Waals surface area (Å²) < 4.78 is 26.7. The first-order valence-electron chi connectivity index (χ1n) is 6.03. The van der Waals surface area contributed by atoms with E-state index in [9.17, 15) is 8.42 Å². The van der Waals surface area contributed by atoms with E-state index in [0.717, 1.165) is 11.3 Å². The van der Waals surface area contributed by atoms with Gasteiger partial charge in [-0.05, 0) is 32.4 Å². The number of aryl methyl sites for hydroxylation is 1. The van der Waals surface area contributed by atoms with Crippen molar-refractivity contribution in [2.75, 3.05) is 0 Å². The Hall–Kier alpha value is -0.940. The summed E-state index contributed by atoms with van der Waals surface area (Å²) >= 11 is 0. The molecule has 0 saturated heterocycles. The lowest BCUT2D eigenvalue weighted by Crippen LogP contribution is -2.31. The normalized spacial score (nSPS) is 13.1. The van der Waals surface area contributed by atoms with E-state index < -0.39 is 10.0 Å². The summed E-state index contributed by atoms with van der Waals surface area (Å²) in [6.45, 7) is 11.5. The van der Waals surface area contributed by atoms with Gasteiger partial charge in [-0.25, -0.2) is 13.1 Å². The molecule has 0 amide bonds. The Labute approximate surface area is 110 Å². The third-order valence-electron chi connectivity index (χ3n) is 2.51. The van der Waals surface area contributed by atoms with Crippen molar-refractivity contribution in [2.24, 2.45) is 0 Å². The van der Waals surface area contributed by atoms with Crippen LogP contribution in [0.1, 0.15) is 45.9 Å². The van der Waals surface area contributed by atoms with Crippen LogP contribution in [0.25, 0.3) is 0 Å². The zero-order valence-corrected chi connectivity index (χ0v) is 12.7. The minimum atomic E-state index is -3.46. The van der Waals surface area contributed by atoms with Crippen molar-refractivity contribution in [2.45, 2.75) is 57.9 Å². The van der Waals surface area contributed by atoms with Crippen LogP contribution in [0.3, 0.4) is 0 Å². The molecule has 18 heavy (non-hydrogen) atoms. The van der Waals surface area contributed by atoms with E-state index in [1.807, 2.05) is 6.07 Å². The van der Waals surface area contributed by atoms with E-state index in [2.05, 4.69) is 30.5 Å². The Morgan fingerprint density at radius 3 is 2.22 bits per heavy atom. The van der Waals surface area contributed by atoms with Crippen molar-refractivity contribution >= 4 is 10.0 Å². The second-order valence-electron chi connectivity index (χ2n) is 5.86. The summed E-state index contributed by atoms with van der Waals surface area (Å²) in [5.41, 5.74) is 1.53. The Morgan fingerprint density at radius 2 is 1.83 bits per heavy atom. The molecule has 0 aliphatic rings. The Bertz CT molecular complexity index is 528. The molecule has 1 aromatic heterocycles. The molecule has 102 valence electrons. The maximum atomic E-state index is 12.1. The molecule has 1 N–H and O–H groups in total. The second-order valence-corrected chi connectivity index (χ2v) is 7.54. The summed E-state index contributed by atoms with van der Waals surface area (Å²) in [6, 6.07) is 1.71. The second kappa shape index (κ2) is 4.97. The molecule has 0 aromatic carbocycles. The van der Waals surface area contributed by atoms with E-state index in [1.165, 1.54) is 6.20 Å². The van der Waals surface area contributed by atoms with Gasteiger partial charge < -0.3 is 0 Å². The topological polar surface area (TPSA) is 59.1 Å². The molecule has 0 unspecified atom stereocenters. The van der Waals surface area contributed by atoms with Crippen LogP contribution in [0.15, 0.2) is 17.2 Å². The van der Waals surface area contributed by atoms with Crippen LogP contribution in [0.5, 0.6) is 0 Å². The van der Waals surface area contributed by atoms with Crippen LogP contribution in [0.2, 0.25) is 0 Å². The predicted octanol–water partition coefficient (Wildman–Crippen LogP) is 2.37. The highest BCUT2D eigenvalue weighted by Gasteiger charge is 2.21. The van der Waals surface area contributed by atoms with E-state index >= 15 is 0 Å². The number of hydrogen-bond donors (Lipinski definition) is 1. The SMILES string of the molecule is Cc1cc(C(C)(C)C)ncc1S(=O)(=O)NC(C)C. The molecule has 0 spiro atoms. The molecular weight excluding hydrogens is 248 g/mol. The smallest absolute Gasteiger partial charge is 0.242 e. The van der Waals surface area contributed by atoms with Gasteiger partial charge in [-0.2, -0.15) is 0 Å². The standard InChI is InChI=1S/C13H22N2O2S/c1-9(2)15-18(16,17)11-8-14-12(7-10(11)3)13(4,5)6/h7-9,15H,1-6H3. The lowest BCUT2D eigenvalue weighted by atomic mass is 9.91. The predicted molar refractivity (Wildman–Crippen MR) is 73.1 cm³/mol. The highest BCUT2D eigenvalue weighted by molar-refractivity contribution is 7.89. The van der Waals surface area contributed by atoms with Gasteiger partial charge in [0.2, 0.25) is 10.0 Å². The molecule has 0 fully saturated rings. The molecular formula is C13H22N2O2S. The van der Waals surface area contributed by atoms with Crippen molar-refractivity contribution in [3.05, 3.63) is 23.5 Å². The molecule has 4 nitrogen and oxygen atoms in total. The van der Waals surface area contributed by atoms with Crippen LogP contribution in [0, 0.1) is 6.92 Å². The van der Waals surface area contributed by atoms with Gasteiger partial charge in [-0.15, -0.1) is 0 Å². The monoisotopic (exact) mass is 270 g/mol. The minimum Gasteiger partial charge on any atom is -0.259 e. The highest BCUT2D eigenvalue weighted by atomic mass is 32.2. The molecule has 0 aliphatic heterocycles. The fourth-order valence-corrected chi connectivity index (χ4v) is 3.03.